The van der Waals surface area contributed by atoms with Gasteiger partial charge >= 0.3 is 0 Å². The van der Waals surface area contributed by atoms with Gasteiger partial charge in [0.05, 0.1) is 12.0 Å². The summed E-state index contributed by atoms with van der Waals surface area (Å²) in [7, 11) is 2.19. The molecule has 9 heteroatoms. The van der Waals surface area contributed by atoms with Crippen molar-refractivity contribution in [3.63, 3.8) is 0 Å². The Morgan fingerprint density at radius 1 is 0.922 bits per heavy atom. The molecule has 3 unspecified atom stereocenters. The minimum atomic E-state index is -0.259. The summed E-state index contributed by atoms with van der Waals surface area (Å²) in [5, 5.41) is 6.89. The average molecular weight is 704 g/mol. The van der Waals surface area contributed by atoms with E-state index in [-0.39, 0.29) is 35.7 Å². The largest absolute Gasteiger partial charge is 0.378 e. The Morgan fingerprint density at radius 3 is 2.35 bits per heavy atom. The smallest absolute Gasteiger partial charge is 0.234 e. The fraction of sp³-hybridized carbons (Fsp3) is 0.357. The molecule has 3 aliphatic heterocycles. The zero-order chi connectivity index (χ0) is 35.6. The van der Waals surface area contributed by atoms with E-state index in [9.17, 15) is 14.4 Å². The predicted octanol–water partition coefficient (Wildman–Crippen LogP) is 7.93. The van der Waals surface area contributed by atoms with Crippen LogP contribution in [0.3, 0.4) is 0 Å². The minimum absolute atomic E-state index is 0.0553. The quantitative estimate of drug-likeness (QED) is 0.182. The normalized spacial score (nSPS) is 21.0. The van der Waals surface area contributed by atoms with Gasteiger partial charge in [-0.2, -0.15) is 0 Å². The van der Waals surface area contributed by atoms with Crippen LogP contribution in [0.5, 0.6) is 0 Å². The lowest BCUT2D eigenvalue weighted by atomic mass is 9.89. The van der Waals surface area contributed by atoms with Crippen LogP contribution in [0.15, 0.2) is 91.0 Å². The van der Waals surface area contributed by atoms with Crippen molar-refractivity contribution in [3.05, 3.63) is 113 Å². The van der Waals surface area contributed by atoms with E-state index in [2.05, 4.69) is 89.0 Å². The number of benzene rings is 4. The molecule has 51 heavy (non-hydrogen) atoms. The van der Waals surface area contributed by atoms with Crippen molar-refractivity contribution in [2.24, 2.45) is 0 Å². The minimum Gasteiger partial charge on any atom is -0.378 e. The lowest BCUT2D eigenvalue weighted by molar-refractivity contribution is -0.134. The fourth-order valence-corrected chi connectivity index (χ4v) is 8.30. The highest BCUT2D eigenvalue weighted by Gasteiger charge is 2.33. The van der Waals surface area contributed by atoms with Crippen LogP contribution < -0.4 is 20.4 Å². The van der Waals surface area contributed by atoms with Gasteiger partial charge < -0.3 is 15.1 Å². The summed E-state index contributed by atoms with van der Waals surface area (Å²) < 4.78 is 0. The van der Waals surface area contributed by atoms with Gasteiger partial charge in [0.15, 0.2) is 0 Å². The van der Waals surface area contributed by atoms with E-state index < -0.39 is 0 Å². The molecule has 0 saturated carbocycles. The zero-order valence-corrected chi connectivity index (χ0v) is 30.3. The lowest BCUT2D eigenvalue weighted by Gasteiger charge is -2.40. The van der Waals surface area contributed by atoms with E-state index in [1.54, 1.807) is 6.92 Å². The number of hydrogen-bond donors (Lipinski definition) is 2. The molecule has 0 radical (unpaired) electrons. The Morgan fingerprint density at radius 2 is 1.65 bits per heavy atom. The number of amides is 3. The summed E-state index contributed by atoms with van der Waals surface area (Å²) in [6, 6.07) is 32.0. The third kappa shape index (κ3) is 7.67. The summed E-state index contributed by atoms with van der Waals surface area (Å²) in [5.41, 5.74) is 8.77. The Hall–Kier alpha value is -4.66. The first kappa shape index (κ1) is 34.8. The molecular formula is C42H46ClN5O3. The van der Waals surface area contributed by atoms with Crippen molar-refractivity contribution in [3.8, 4) is 11.1 Å². The van der Waals surface area contributed by atoms with Gasteiger partial charge in [0.1, 0.15) is 0 Å². The second kappa shape index (κ2) is 14.9. The molecule has 3 amide bonds. The Bertz CT molecular complexity index is 1900. The number of carbonyl (C=O) groups excluding carboxylic acids is 3. The molecule has 3 aliphatic rings. The molecule has 7 rings (SSSR count). The second-order valence-electron chi connectivity index (χ2n) is 14.4. The number of nitrogens with one attached hydrogen (secondary N) is 2. The van der Waals surface area contributed by atoms with Gasteiger partial charge in [-0.25, -0.2) is 0 Å². The maximum absolute atomic E-state index is 12.7. The topological polar surface area (TPSA) is 85.0 Å². The highest BCUT2D eigenvalue weighted by molar-refractivity contribution is 6.30. The second-order valence-corrected chi connectivity index (χ2v) is 14.8. The Labute approximate surface area is 305 Å². The first-order chi connectivity index (χ1) is 24.6. The van der Waals surface area contributed by atoms with E-state index in [1.165, 1.54) is 11.3 Å². The predicted molar refractivity (Wildman–Crippen MR) is 205 cm³/mol. The number of anilines is 3. The van der Waals surface area contributed by atoms with Gasteiger partial charge in [-0.1, -0.05) is 54.1 Å². The molecule has 264 valence electrons. The highest BCUT2D eigenvalue weighted by atomic mass is 35.5. The van der Waals surface area contributed by atoms with Crippen molar-refractivity contribution < 1.29 is 14.4 Å². The lowest BCUT2D eigenvalue weighted by Crippen LogP contribution is -2.43. The summed E-state index contributed by atoms with van der Waals surface area (Å²) in [5.74, 6) is -0.574. The zero-order valence-electron chi connectivity index (χ0n) is 29.6. The maximum atomic E-state index is 12.7. The molecular weight excluding hydrogens is 658 g/mol. The van der Waals surface area contributed by atoms with Crippen LogP contribution in [0.2, 0.25) is 5.02 Å². The number of imide groups is 1. The molecule has 4 aromatic carbocycles. The molecule has 4 aromatic rings. The van der Waals surface area contributed by atoms with Crippen LogP contribution in [-0.4, -0.2) is 54.8 Å². The molecule has 2 fully saturated rings. The van der Waals surface area contributed by atoms with Crippen molar-refractivity contribution in [2.45, 2.75) is 76.5 Å². The summed E-state index contributed by atoms with van der Waals surface area (Å²) in [4.78, 5) is 43.6. The molecule has 0 bridgehead atoms. The number of carbonyl (C=O) groups is 3. The average Bonchev–Trinajstić information content (AvgIpc) is 3.12. The molecule has 0 aromatic heterocycles. The SMILES string of the molecule is CC(=O)N1c2ccc(-c3ccc(N4CCC(N(C)Cc5cccc(C6CCC(=O)NC6=O)c5)CC4)cc3)cc2C(Nc2ccc(Cl)cc2)CC1C. The molecule has 2 N–H and O–H groups in total. The van der Waals surface area contributed by atoms with E-state index in [1.807, 2.05) is 41.3 Å². The molecule has 3 heterocycles. The van der Waals surface area contributed by atoms with Gasteiger partial charge in [-0.05, 0) is 116 Å². The molecule has 8 nitrogen and oxygen atoms in total. The monoisotopic (exact) mass is 703 g/mol. The van der Waals surface area contributed by atoms with Gasteiger partial charge in [0.25, 0.3) is 0 Å². The van der Waals surface area contributed by atoms with Crippen LogP contribution >= 0.6 is 11.6 Å². The molecule has 3 atom stereocenters. The van der Waals surface area contributed by atoms with Crippen LogP contribution in [0, 0.1) is 0 Å². The Kier molecular flexibility index (Phi) is 10.2. The third-order valence-corrected chi connectivity index (χ3v) is 11.1. The van der Waals surface area contributed by atoms with E-state index in [4.69, 9.17) is 11.6 Å². The van der Waals surface area contributed by atoms with E-state index in [0.717, 1.165) is 72.5 Å². The van der Waals surface area contributed by atoms with E-state index in [0.29, 0.717) is 23.9 Å². The van der Waals surface area contributed by atoms with E-state index >= 15 is 0 Å². The number of piperidine rings is 2. The molecule has 0 aliphatic carbocycles. The number of nitrogens with zero attached hydrogens (tertiary/aromatic N) is 3. The van der Waals surface area contributed by atoms with Crippen LogP contribution in [0.4, 0.5) is 17.1 Å². The summed E-state index contributed by atoms with van der Waals surface area (Å²) >= 11 is 6.15. The van der Waals surface area contributed by atoms with Crippen LogP contribution in [0.25, 0.3) is 11.1 Å². The third-order valence-electron chi connectivity index (χ3n) is 10.9. The van der Waals surface area contributed by atoms with Gasteiger partial charge in [0, 0.05) is 67.1 Å². The standard InChI is InChI=1S/C42H46ClN5O3/c1-27-23-39(44-34-12-10-33(43)11-13-34)38-25-31(9-17-40(38)48(27)28(2)49)30-7-14-36(15-8-30)47-21-19-35(20-22-47)46(3)26-29-5-4-6-32(24-29)37-16-18-41(50)45-42(37)51/h4-15,17,24-25,27,35,37,39,44H,16,18-23,26H2,1-3H3,(H,45,50,51). The maximum Gasteiger partial charge on any atom is 0.234 e. The highest BCUT2D eigenvalue weighted by Crippen LogP contribution is 2.41. The van der Waals surface area contributed by atoms with Gasteiger partial charge in [0.2, 0.25) is 17.7 Å². The van der Waals surface area contributed by atoms with Crippen LogP contribution in [-0.2, 0) is 20.9 Å². The first-order valence-corrected chi connectivity index (χ1v) is 18.4. The summed E-state index contributed by atoms with van der Waals surface area (Å²) in [6.45, 7) is 6.55. The Balaban J connectivity index is 0.996. The number of halogens is 1. The number of hydrogen-bond acceptors (Lipinski definition) is 6. The van der Waals surface area contributed by atoms with Crippen molar-refractivity contribution in [1.82, 2.24) is 10.2 Å². The van der Waals surface area contributed by atoms with Gasteiger partial charge in [-0.3, -0.25) is 24.6 Å². The first-order valence-electron chi connectivity index (χ1n) is 18.1. The van der Waals surface area contributed by atoms with Crippen molar-refractivity contribution in [2.75, 3.05) is 35.3 Å². The molecule has 2 saturated heterocycles. The number of fused-ring (bicyclic) bond motifs is 1. The molecule has 0 spiro atoms. The van der Waals surface area contributed by atoms with Crippen molar-refractivity contribution >= 4 is 46.4 Å². The van der Waals surface area contributed by atoms with Gasteiger partial charge in [-0.15, -0.1) is 0 Å². The van der Waals surface area contributed by atoms with Crippen LogP contribution in [0.1, 0.15) is 74.6 Å². The summed E-state index contributed by atoms with van der Waals surface area (Å²) in [6.07, 6.45) is 3.91. The van der Waals surface area contributed by atoms with Crippen molar-refractivity contribution in [1.29, 1.82) is 0 Å². The fourth-order valence-electron chi connectivity index (χ4n) is 8.17. The number of rotatable bonds is 8.